The molecular weight excluding hydrogens is 248 g/mol. The Morgan fingerprint density at radius 3 is 3.00 bits per heavy atom. The number of methoxy groups -OCH3 is 1. The van der Waals surface area contributed by atoms with Gasteiger partial charge in [0.1, 0.15) is 18.5 Å². The molecule has 0 aromatic carbocycles. The molecule has 0 bridgehead atoms. The second-order valence-corrected chi connectivity index (χ2v) is 3.91. The maximum Gasteiger partial charge on any atom is 0.326 e. The Balaban J connectivity index is 2.23. The molecule has 0 saturated carbocycles. The van der Waals surface area contributed by atoms with Crippen LogP contribution in [0.2, 0.25) is 0 Å². The molecule has 0 amide bonds. The van der Waals surface area contributed by atoms with Crippen molar-refractivity contribution in [2.24, 2.45) is 5.73 Å². The Kier molecular flexibility index (Phi) is 3.86. The Bertz CT molecular complexity index is 603. The SMILES string of the molecule is COC(=O)C(N)COc1nc(C)nc2cnccc12. The molecule has 2 N–H and O–H groups in total. The van der Waals surface area contributed by atoms with Crippen molar-refractivity contribution in [3.05, 3.63) is 24.3 Å². The summed E-state index contributed by atoms with van der Waals surface area (Å²) in [5.74, 6) is 0.406. The number of carbonyl (C=O) groups excluding carboxylic acids is 1. The minimum atomic E-state index is -0.850. The van der Waals surface area contributed by atoms with E-state index >= 15 is 0 Å². The van der Waals surface area contributed by atoms with E-state index in [2.05, 4.69) is 19.7 Å². The molecule has 2 aromatic heterocycles. The molecule has 0 radical (unpaired) electrons. The first kappa shape index (κ1) is 13.2. The zero-order chi connectivity index (χ0) is 13.8. The number of carbonyl (C=O) groups is 1. The fourth-order valence-corrected chi connectivity index (χ4v) is 1.56. The summed E-state index contributed by atoms with van der Waals surface area (Å²) < 4.78 is 10.0. The predicted octanol–water partition coefficient (Wildman–Crippen LogP) is 0.212. The fraction of sp³-hybridized carbons (Fsp3) is 0.333. The average Bonchev–Trinajstić information content (AvgIpc) is 2.43. The normalized spacial score (nSPS) is 12.2. The molecule has 1 unspecified atom stereocenters. The minimum absolute atomic E-state index is 0.0133. The molecule has 2 rings (SSSR count). The number of nitrogens with two attached hydrogens (primary N) is 1. The molecule has 7 nitrogen and oxygen atoms in total. The smallest absolute Gasteiger partial charge is 0.326 e. The van der Waals surface area contributed by atoms with Gasteiger partial charge in [-0.3, -0.25) is 9.78 Å². The Hall–Kier alpha value is -2.28. The Morgan fingerprint density at radius 2 is 2.26 bits per heavy atom. The number of aryl methyl sites for hydroxylation is 1. The van der Waals surface area contributed by atoms with Crippen molar-refractivity contribution < 1.29 is 14.3 Å². The second-order valence-electron chi connectivity index (χ2n) is 3.91. The topological polar surface area (TPSA) is 100 Å². The maximum absolute atomic E-state index is 11.2. The number of hydrogen-bond acceptors (Lipinski definition) is 7. The van der Waals surface area contributed by atoms with Crippen LogP contribution in [-0.4, -0.2) is 40.7 Å². The molecule has 2 aromatic rings. The standard InChI is InChI=1S/C12H14N4O3/c1-7-15-10-5-14-4-3-8(10)11(16-7)19-6-9(13)12(17)18-2/h3-5,9H,6,13H2,1-2H3. The first-order chi connectivity index (χ1) is 9.11. The zero-order valence-corrected chi connectivity index (χ0v) is 10.7. The first-order valence-electron chi connectivity index (χ1n) is 5.66. The molecular formula is C12H14N4O3. The van der Waals surface area contributed by atoms with Gasteiger partial charge in [-0.2, -0.15) is 4.98 Å². The molecule has 0 saturated heterocycles. The van der Waals surface area contributed by atoms with Gasteiger partial charge in [-0.15, -0.1) is 0 Å². The second kappa shape index (κ2) is 5.57. The molecule has 0 spiro atoms. The van der Waals surface area contributed by atoms with Crippen molar-refractivity contribution in [3.8, 4) is 5.88 Å². The highest BCUT2D eigenvalue weighted by Gasteiger charge is 2.16. The number of ether oxygens (including phenoxy) is 2. The van der Waals surface area contributed by atoms with Gasteiger partial charge in [0.15, 0.2) is 0 Å². The van der Waals surface area contributed by atoms with Crippen LogP contribution in [0.4, 0.5) is 0 Å². The van der Waals surface area contributed by atoms with Gasteiger partial charge in [0.2, 0.25) is 5.88 Å². The molecule has 2 heterocycles. The summed E-state index contributed by atoms with van der Waals surface area (Å²) in [6.07, 6.45) is 3.24. The van der Waals surface area contributed by atoms with E-state index < -0.39 is 12.0 Å². The van der Waals surface area contributed by atoms with Crippen LogP contribution >= 0.6 is 0 Å². The summed E-state index contributed by atoms with van der Waals surface area (Å²) in [7, 11) is 1.28. The number of hydrogen-bond donors (Lipinski definition) is 1. The van der Waals surface area contributed by atoms with Crippen molar-refractivity contribution in [3.63, 3.8) is 0 Å². The average molecular weight is 262 g/mol. The van der Waals surface area contributed by atoms with Crippen molar-refractivity contribution in [1.29, 1.82) is 0 Å². The van der Waals surface area contributed by atoms with Crippen LogP contribution in [0.5, 0.6) is 5.88 Å². The number of rotatable bonds is 4. The quantitative estimate of drug-likeness (QED) is 0.786. The molecule has 0 fully saturated rings. The van der Waals surface area contributed by atoms with E-state index in [4.69, 9.17) is 10.5 Å². The van der Waals surface area contributed by atoms with Crippen LogP contribution in [0.1, 0.15) is 5.82 Å². The highest BCUT2D eigenvalue weighted by molar-refractivity contribution is 5.82. The number of fused-ring (bicyclic) bond motifs is 1. The van der Waals surface area contributed by atoms with Gasteiger partial charge in [0.05, 0.1) is 24.2 Å². The van der Waals surface area contributed by atoms with Gasteiger partial charge in [-0.1, -0.05) is 0 Å². The van der Waals surface area contributed by atoms with Crippen molar-refractivity contribution in [2.45, 2.75) is 13.0 Å². The summed E-state index contributed by atoms with van der Waals surface area (Å²) in [5, 5.41) is 0.720. The number of nitrogens with zero attached hydrogens (tertiary/aromatic N) is 3. The van der Waals surface area contributed by atoms with E-state index in [1.807, 2.05) is 0 Å². The zero-order valence-electron chi connectivity index (χ0n) is 10.7. The Labute approximate surface area is 109 Å². The minimum Gasteiger partial charge on any atom is -0.475 e. The summed E-state index contributed by atoms with van der Waals surface area (Å²) in [4.78, 5) is 23.6. The van der Waals surface area contributed by atoms with E-state index in [1.54, 1.807) is 25.4 Å². The van der Waals surface area contributed by atoms with E-state index in [0.717, 1.165) is 5.39 Å². The van der Waals surface area contributed by atoms with E-state index in [0.29, 0.717) is 17.2 Å². The van der Waals surface area contributed by atoms with Gasteiger partial charge < -0.3 is 15.2 Å². The third-order valence-electron chi connectivity index (χ3n) is 2.48. The molecule has 1 atom stereocenters. The van der Waals surface area contributed by atoms with Crippen molar-refractivity contribution in [1.82, 2.24) is 15.0 Å². The summed E-state index contributed by atoms with van der Waals surface area (Å²) in [5.41, 5.74) is 6.28. The van der Waals surface area contributed by atoms with E-state index in [9.17, 15) is 4.79 Å². The maximum atomic E-state index is 11.2. The van der Waals surface area contributed by atoms with Gasteiger partial charge in [0.25, 0.3) is 0 Å². The third kappa shape index (κ3) is 2.94. The van der Waals surface area contributed by atoms with Crippen LogP contribution in [-0.2, 0) is 9.53 Å². The first-order valence-corrected chi connectivity index (χ1v) is 5.66. The van der Waals surface area contributed by atoms with Gasteiger partial charge in [-0.05, 0) is 13.0 Å². The lowest BCUT2D eigenvalue weighted by atomic mass is 10.3. The monoisotopic (exact) mass is 262 g/mol. The molecule has 100 valence electrons. The van der Waals surface area contributed by atoms with Crippen LogP contribution < -0.4 is 10.5 Å². The van der Waals surface area contributed by atoms with E-state index in [1.165, 1.54) is 7.11 Å². The van der Waals surface area contributed by atoms with Gasteiger partial charge in [-0.25, -0.2) is 4.98 Å². The lowest BCUT2D eigenvalue weighted by Gasteiger charge is -2.12. The van der Waals surface area contributed by atoms with Crippen LogP contribution in [0, 0.1) is 6.92 Å². The van der Waals surface area contributed by atoms with Crippen molar-refractivity contribution in [2.75, 3.05) is 13.7 Å². The summed E-state index contributed by atoms with van der Waals surface area (Å²) in [6.45, 7) is 1.74. The lowest BCUT2D eigenvalue weighted by molar-refractivity contribution is -0.142. The number of aromatic nitrogens is 3. The predicted molar refractivity (Wildman–Crippen MR) is 67.6 cm³/mol. The van der Waals surface area contributed by atoms with Gasteiger partial charge in [0, 0.05) is 6.20 Å². The molecule has 0 aliphatic heterocycles. The van der Waals surface area contributed by atoms with E-state index in [-0.39, 0.29) is 6.61 Å². The van der Waals surface area contributed by atoms with Crippen LogP contribution in [0.15, 0.2) is 18.5 Å². The number of pyridine rings is 1. The fourth-order valence-electron chi connectivity index (χ4n) is 1.56. The van der Waals surface area contributed by atoms with Gasteiger partial charge >= 0.3 is 5.97 Å². The largest absolute Gasteiger partial charge is 0.475 e. The summed E-state index contributed by atoms with van der Waals surface area (Å²) >= 11 is 0. The molecule has 19 heavy (non-hydrogen) atoms. The lowest BCUT2D eigenvalue weighted by Crippen LogP contribution is -2.37. The number of esters is 1. The van der Waals surface area contributed by atoms with Crippen LogP contribution in [0.3, 0.4) is 0 Å². The highest BCUT2D eigenvalue weighted by Crippen LogP contribution is 2.21. The van der Waals surface area contributed by atoms with Crippen molar-refractivity contribution >= 4 is 16.9 Å². The molecule has 0 aliphatic carbocycles. The molecule has 7 heteroatoms. The Morgan fingerprint density at radius 1 is 1.47 bits per heavy atom. The molecule has 0 aliphatic rings. The summed E-state index contributed by atoms with van der Waals surface area (Å²) in [6, 6.07) is 0.894. The van der Waals surface area contributed by atoms with Crippen LogP contribution in [0.25, 0.3) is 10.9 Å². The third-order valence-corrected chi connectivity index (χ3v) is 2.48. The highest BCUT2D eigenvalue weighted by atomic mass is 16.5.